The van der Waals surface area contributed by atoms with Gasteiger partial charge in [-0.25, -0.2) is 9.78 Å². The van der Waals surface area contributed by atoms with Crippen LogP contribution in [0.3, 0.4) is 0 Å². The number of pyridine rings is 1. The Kier molecular flexibility index (Phi) is 6.31. The van der Waals surface area contributed by atoms with E-state index in [1.807, 2.05) is 78.5 Å². The monoisotopic (exact) mass is 469 g/mol. The van der Waals surface area contributed by atoms with Gasteiger partial charge in [0.05, 0.1) is 29.7 Å². The highest BCUT2D eigenvalue weighted by Crippen LogP contribution is 2.33. The maximum Gasteiger partial charge on any atom is 0.321 e. The van der Waals surface area contributed by atoms with Crippen LogP contribution in [0.4, 0.5) is 16.2 Å². The van der Waals surface area contributed by atoms with Crippen LogP contribution < -0.4 is 15.0 Å². The molecule has 2 aromatic carbocycles. The third-order valence-electron chi connectivity index (χ3n) is 6.62. The molecule has 0 radical (unpaired) electrons. The second-order valence-corrected chi connectivity index (χ2v) is 9.13. The molecule has 7 heteroatoms. The second-order valence-electron chi connectivity index (χ2n) is 9.13. The number of para-hydroxylation sites is 2. The van der Waals surface area contributed by atoms with E-state index in [1.54, 1.807) is 7.11 Å². The van der Waals surface area contributed by atoms with Gasteiger partial charge in [-0.3, -0.25) is 0 Å². The Hall–Kier alpha value is -4.00. The molecular weight excluding hydrogens is 438 g/mol. The minimum absolute atomic E-state index is 0.0714. The molecule has 1 N–H and O–H groups in total. The second kappa shape index (κ2) is 9.70. The van der Waals surface area contributed by atoms with Crippen LogP contribution in [0.1, 0.15) is 24.6 Å². The summed E-state index contributed by atoms with van der Waals surface area (Å²) in [6.07, 6.45) is 3.99. The van der Waals surface area contributed by atoms with E-state index in [0.717, 1.165) is 59.1 Å². The van der Waals surface area contributed by atoms with Crippen LogP contribution in [0.5, 0.6) is 5.75 Å². The van der Waals surface area contributed by atoms with Crippen molar-refractivity contribution in [2.24, 2.45) is 0 Å². The molecule has 180 valence electrons. The quantitative estimate of drug-likeness (QED) is 0.420. The van der Waals surface area contributed by atoms with Crippen LogP contribution in [0.2, 0.25) is 0 Å². The van der Waals surface area contributed by atoms with Crippen molar-refractivity contribution >= 4 is 22.9 Å². The highest BCUT2D eigenvalue weighted by Gasteiger charge is 2.29. The lowest BCUT2D eigenvalue weighted by Crippen LogP contribution is -2.42. The molecule has 1 aliphatic heterocycles. The summed E-state index contributed by atoms with van der Waals surface area (Å²) in [5.41, 5.74) is 4.80. The topological polar surface area (TPSA) is 62.1 Å². The number of nitrogens with one attached hydrogen (secondary N) is 1. The Labute approximate surface area is 206 Å². The van der Waals surface area contributed by atoms with Gasteiger partial charge in [-0.15, -0.1) is 0 Å². The van der Waals surface area contributed by atoms with E-state index in [9.17, 15) is 4.79 Å². The lowest BCUT2D eigenvalue weighted by molar-refractivity contribution is 0.191. The van der Waals surface area contributed by atoms with Gasteiger partial charge in [-0.05, 0) is 49.2 Å². The number of hydrogen-bond acceptors (Lipinski definition) is 4. The fourth-order valence-corrected chi connectivity index (χ4v) is 4.87. The number of imidazole rings is 1. The number of methoxy groups -OCH3 is 1. The summed E-state index contributed by atoms with van der Waals surface area (Å²) in [5, 5.41) is 3.12. The summed E-state index contributed by atoms with van der Waals surface area (Å²) in [6.45, 7) is 1.36. The van der Waals surface area contributed by atoms with Crippen molar-refractivity contribution in [1.82, 2.24) is 14.3 Å². The molecule has 2 aromatic heterocycles. The maximum absolute atomic E-state index is 13.2. The zero-order chi connectivity index (χ0) is 24.4. The Morgan fingerprint density at radius 3 is 2.74 bits per heavy atom. The minimum atomic E-state index is -0.0714. The lowest BCUT2D eigenvalue weighted by atomic mass is 9.97. The van der Waals surface area contributed by atoms with Gasteiger partial charge in [-0.2, -0.15) is 0 Å². The summed E-state index contributed by atoms with van der Waals surface area (Å²) in [5.74, 6) is 1.94. The van der Waals surface area contributed by atoms with Gasteiger partial charge in [0.15, 0.2) is 0 Å². The number of benzene rings is 2. The van der Waals surface area contributed by atoms with E-state index in [0.29, 0.717) is 6.54 Å². The number of anilines is 2. The highest BCUT2D eigenvalue weighted by atomic mass is 16.5. The number of carbonyl (C=O) groups excluding carboxylic acids is 1. The van der Waals surface area contributed by atoms with Crippen molar-refractivity contribution in [3.63, 3.8) is 0 Å². The first-order valence-electron chi connectivity index (χ1n) is 12.0. The molecule has 1 fully saturated rings. The number of rotatable bonds is 5. The van der Waals surface area contributed by atoms with E-state index < -0.39 is 0 Å². The maximum atomic E-state index is 13.2. The van der Waals surface area contributed by atoms with Gasteiger partial charge in [-0.1, -0.05) is 30.3 Å². The number of hydrogen-bond donors (Lipinski definition) is 1. The van der Waals surface area contributed by atoms with Gasteiger partial charge >= 0.3 is 6.03 Å². The molecule has 4 aromatic rings. The fourth-order valence-electron chi connectivity index (χ4n) is 4.87. The van der Waals surface area contributed by atoms with Crippen molar-refractivity contribution in [1.29, 1.82) is 0 Å². The average Bonchev–Trinajstić information content (AvgIpc) is 3.29. The van der Waals surface area contributed by atoms with E-state index in [-0.39, 0.29) is 11.9 Å². The molecular formula is C28H31N5O2. The highest BCUT2D eigenvalue weighted by molar-refractivity contribution is 5.93. The SMILES string of the molecule is COc1cccc(-c2nc(C3CCCN(C(=O)Nc4ccccc4N(C)C)C3)n3ccccc23)c1. The number of piperidine rings is 1. The van der Waals surface area contributed by atoms with E-state index in [2.05, 4.69) is 28.0 Å². The number of ether oxygens (including phenoxy) is 1. The Balaban J connectivity index is 1.42. The van der Waals surface area contributed by atoms with Gasteiger partial charge < -0.3 is 24.3 Å². The molecule has 7 nitrogen and oxygen atoms in total. The van der Waals surface area contributed by atoms with E-state index >= 15 is 0 Å². The minimum Gasteiger partial charge on any atom is -0.497 e. The van der Waals surface area contributed by atoms with Gasteiger partial charge in [0.2, 0.25) is 0 Å². The molecule has 0 bridgehead atoms. The number of nitrogens with zero attached hydrogens (tertiary/aromatic N) is 4. The molecule has 1 saturated heterocycles. The molecule has 35 heavy (non-hydrogen) atoms. The van der Waals surface area contributed by atoms with Gasteiger partial charge in [0.1, 0.15) is 11.6 Å². The lowest BCUT2D eigenvalue weighted by Gasteiger charge is -2.32. The standard InChI is InChI=1S/C28H31N5O2/c1-31(2)24-14-5-4-13-23(24)29-28(34)32-16-9-11-21(19-32)27-30-26(25-15-6-7-17-33(25)27)20-10-8-12-22(18-20)35-3/h4-8,10,12-15,17-18,21H,9,11,16,19H2,1-3H3,(H,29,34). The number of amides is 2. The third-order valence-corrected chi connectivity index (χ3v) is 6.62. The number of aromatic nitrogens is 2. The van der Waals surface area contributed by atoms with Crippen LogP contribution in [0.25, 0.3) is 16.8 Å². The summed E-state index contributed by atoms with van der Waals surface area (Å²) >= 11 is 0. The number of carbonyl (C=O) groups is 1. The predicted octanol–water partition coefficient (Wildman–Crippen LogP) is 5.49. The molecule has 1 unspecified atom stereocenters. The third kappa shape index (κ3) is 4.54. The van der Waals surface area contributed by atoms with E-state index in [1.165, 1.54) is 0 Å². The first kappa shape index (κ1) is 22.8. The van der Waals surface area contributed by atoms with Crippen LogP contribution in [-0.4, -0.2) is 54.6 Å². The number of fused-ring (bicyclic) bond motifs is 1. The Morgan fingerprint density at radius 1 is 1.09 bits per heavy atom. The van der Waals surface area contributed by atoms with Crippen LogP contribution >= 0.6 is 0 Å². The van der Waals surface area contributed by atoms with Crippen molar-refractivity contribution in [2.45, 2.75) is 18.8 Å². The smallest absolute Gasteiger partial charge is 0.321 e. The normalized spacial score (nSPS) is 15.7. The van der Waals surface area contributed by atoms with Gasteiger partial charge in [0, 0.05) is 44.9 Å². The zero-order valence-electron chi connectivity index (χ0n) is 20.4. The summed E-state index contributed by atoms with van der Waals surface area (Å²) in [6, 6.07) is 22.0. The summed E-state index contributed by atoms with van der Waals surface area (Å²) in [7, 11) is 5.63. The predicted molar refractivity (Wildman–Crippen MR) is 141 cm³/mol. The largest absolute Gasteiger partial charge is 0.497 e. The molecule has 3 heterocycles. The Bertz CT molecular complexity index is 1350. The van der Waals surface area contributed by atoms with Crippen molar-refractivity contribution < 1.29 is 9.53 Å². The van der Waals surface area contributed by atoms with E-state index in [4.69, 9.17) is 9.72 Å². The first-order chi connectivity index (χ1) is 17.0. The van der Waals surface area contributed by atoms with Gasteiger partial charge in [0.25, 0.3) is 0 Å². The molecule has 1 aliphatic rings. The van der Waals surface area contributed by atoms with Crippen molar-refractivity contribution in [3.8, 4) is 17.0 Å². The van der Waals surface area contributed by atoms with Crippen molar-refractivity contribution in [2.75, 3.05) is 44.5 Å². The molecule has 0 saturated carbocycles. The Morgan fingerprint density at radius 2 is 1.91 bits per heavy atom. The molecule has 5 rings (SSSR count). The summed E-state index contributed by atoms with van der Waals surface area (Å²) < 4.78 is 7.60. The number of likely N-dealkylation sites (tertiary alicyclic amines) is 1. The number of urea groups is 1. The van der Waals surface area contributed by atoms with Crippen LogP contribution in [-0.2, 0) is 0 Å². The molecule has 0 aliphatic carbocycles. The fraction of sp³-hybridized carbons (Fsp3) is 0.286. The van der Waals surface area contributed by atoms with Crippen LogP contribution in [0, 0.1) is 0 Å². The molecule has 0 spiro atoms. The molecule has 1 atom stereocenters. The first-order valence-corrected chi connectivity index (χ1v) is 12.0. The van der Waals surface area contributed by atoms with Crippen molar-refractivity contribution in [3.05, 3.63) is 78.8 Å². The average molecular weight is 470 g/mol. The van der Waals surface area contributed by atoms with Crippen LogP contribution in [0.15, 0.2) is 72.9 Å². The molecule has 2 amide bonds. The zero-order valence-corrected chi connectivity index (χ0v) is 20.4. The summed E-state index contributed by atoms with van der Waals surface area (Å²) in [4.78, 5) is 22.3.